The summed E-state index contributed by atoms with van der Waals surface area (Å²) in [6.45, 7) is 5.96. The van der Waals surface area contributed by atoms with Crippen molar-refractivity contribution in [3.05, 3.63) is 65.2 Å². The third kappa shape index (κ3) is 12.0. The van der Waals surface area contributed by atoms with Crippen molar-refractivity contribution in [3.8, 4) is 5.75 Å². The second-order valence-electron chi connectivity index (χ2n) is 11.6. The zero-order valence-electron chi connectivity index (χ0n) is 26.1. The number of benzene rings is 2. The quantitative estimate of drug-likeness (QED) is 0.150. The summed E-state index contributed by atoms with van der Waals surface area (Å²) in [5, 5.41) is 6.13. The van der Waals surface area contributed by atoms with Crippen LogP contribution in [0.5, 0.6) is 5.75 Å². The van der Waals surface area contributed by atoms with Gasteiger partial charge in [0, 0.05) is 18.9 Å². The van der Waals surface area contributed by atoms with Gasteiger partial charge in [0.15, 0.2) is 0 Å². The van der Waals surface area contributed by atoms with E-state index in [4.69, 9.17) is 15.2 Å². The highest BCUT2D eigenvalue weighted by Crippen LogP contribution is 2.28. The molecule has 43 heavy (non-hydrogen) atoms. The number of carbonyl (C=O) groups is 3. The van der Waals surface area contributed by atoms with Crippen LogP contribution >= 0.6 is 0 Å². The molecule has 1 aliphatic carbocycles. The van der Waals surface area contributed by atoms with Crippen molar-refractivity contribution in [2.75, 3.05) is 19.7 Å². The number of amides is 2. The number of nitrogens with one attached hydrogen (secondary N) is 2. The SMILES string of the molecule is CCCCCCCCNC(=O)[C@H](Cc1ccc(OCc2ccc(C(=O)OCC)cc2)cc1)NC(=O)C1CCC(CN)CC1. The molecule has 2 amide bonds. The maximum absolute atomic E-state index is 13.2. The van der Waals surface area contributed by atoms with Crippen LogP contribution in [0.4, 0.5) is 0 Å². The standard InChI is InChI=1S/C35H51N3O5/c1-3-5-6-7-8-9-22-37-34(40)32(38-33(39)29-16-10-27(24-36)11-17-29)23-26-14-20-31(21-15-26)43-25-28-12-18-30(19-13-28)35(41)42-4-2/h12-15,18-21,27,29,32H,3-11,16-17,22-25,36H2,1-2H3,(H,37,40)(H,38,39)/t27?,29?,32-/m0/s1. The molecule has 1 fully saturated rings. The van der Waals surface area contributed by atoms with Crippen LogP contribution in [0.3, 0.4) is 0 Å². The zero-order chi connectivity index (χ0) is 30.9. The Morgan fingerprint density at radius 3 is 2.16 bits per heavy atom. The highest BCUT2D eigenvalue weighted by atomic mass is 16.5. The number of nitrogens with two attached hydrogens (primary N) is 1. The maximum Gasteiger partial charge on any atom is 0.338 e. The first-order valence-corrected chi connectivity index (χ1v) is 16.2. The van der Waals surface area contributed by atoms with Gasteiger partial charge < -0.3 is 25.8 Å². The highest BCUT2D eigenvalue weighted by Gasteiger charge is 2.29. The molecule has 3 rings (SSSR count). The molecule has 0 radical (unpaired) electrons. The van der Waals surface area contributed by atoms with E-state index < -0.39 is 6.04 Å². The van der Waals surface area contributed by atoms with Gasteiger partial charge in [0.25, 0.3) is 0 Å². The highest BCUT2D eigenvalue weighted by molar-refractivity contribution is 5.89. The van der Waals surface area contributed by atoms with Crippen LogP contribution in [0.2, 0.25) is 0 Å². The van der Waals surface area contributed by atoms with Crippen LogP contribution < -0.4 is 21.1 Å². The first kappa shape index (κ1) is 34.1. The minimum atomic E-state index is -0.635. The Morgan fingerprint density at radius 1 is 0.860 bits per heavy atom. The summed E-state index contributed by atoms with van der Waals surface area (Å²) in [5.41, 5.74) is 8.21. The van der Waals surface area contributed by atoms with Gasteiger partial charge in [-0.05, 0) is 86.9 Å². The van der Waals surface area contributed by atoms with E-state index in [1.54, 1.807) is 19.1 Å². The van der Waals surface area contributed by atoms with Crippen molar-refractivity contribution in [2.24, 2.45) is 17.6 Å². The van der Waals surface area contributed by atoms with Gasteiger partial charge in [0.05, 0.1) is 12.2 Å². The molecule has 2 aromatic carbocycles. The fraction of sp³-hybridized carbons (Fsp3) is 0.571. The summed E-state index contributed by atoms with van der Waals surface area (Å²) >= 11 is 0. The van der Waals surface area contributed by atoms with Gasteiger partial charge >= 0.3 is 5.97 Å². The van der Waals surface area contributed by atoms with Crippen molar-refractivity contribution in [1.29, 1.82) is 0 Å². The largest absolute Gasteiger partial charge is 0.489 e. The molecule has 0 aliphatic heterocycles. The number of rotatable bonds is 18. The molecule has 8 nitrogen and oxygen atoms in total. The Morgan fingerprint density at radius 2 is 1.51 bits per heavy atom. The Balaban J connectivity index is 1.55. The third-order valence-corrected chi connectivity index (χ3v) is 8.25. The second kappa shape index (κ2) is 19.0. The summed E-state index contributed by atoms with van der Waals surface area (Å²) in [5.74, 6) is 0.607. The Labute approximate surface area is 257 Å². The minimum Gasteiger partial charge on any atom is -0.489 e. The van der Waals surface area contributed by atoms with Gasteiger partial charge in [0.1, 0.15) is 18.4 Å². The molecule has 236 valence electrons. The van der Waals surface area contributed by atoms with Crippen LogP contribution in [-0.4, -0.2) is 43.5 Å². The van der Waals surface area contributed by atoms with Crippen LogP contribution in [0.15, 0.2) is 48.5 Å². The number of unbranched alkanes of at least 4 members (excludes halogenated alkanes) is 5. The lowest BCUT2D eigenvalue weighted by atomic mass is 9.81. The van der Waals surface area contributed by atoms with Gasteiger partial charge in [-0.2, -0.15) is 0 Å². The van der Waals surface area contributed by atoms with Crippen molar-refractivity contribution in [2.45, 2.75) is 97.1 Å². The van der Waals surface area contributed by atoms with E-state index in [0.717, 1.165) is 49.7 Å². The number of ether oxygens (including phenoxy) is 2. The topological polar surface area (TPSA) is 120 Å². The lowest BCUT2D eigenvalue weighted by molar-refractivity contribution is -0.131. The number of esters is 1. The average molecular weight is 594 g/mol. The van der Waals surface area contributed by atoms with E-state index in [1.165, 1.54) is 25.7 Å². The normalized spacial score (nSPS) is 17.1. The fourth-order valence-electron chi connectivity index (χ4n) is 5.47. The van der Waals surface area contributed by atoms with Gasteiger partial charge in [-0.15, -0.1) is 0 Å². The van der Waals surface area contributed by atoms with E-state index in [1.807, 2.05) is 36.4 Å². The molecule has 2 aromatic rings. The lowest BCUT2D eigenvalue weighted by Crippen LogP contribution is -2.50. The lowest BCUT2D eigenvalue weighted by Gasteiger charge is -2.28. The molecule has 0 heterocycles. The molecule has 8 heteroatoms. The summed E-state index contributed by atoms with van der Waals surface area (Å²) in [6, 6.07) is 14.2. The smallest absolute Gasteiger partial charge is 0.338 e. The van der Waals surface area contributed by atoms with Crippen molar-refractivity contribution in [3.63, 3.8) is 0 Å². The Hall–Kier alpha value is -3.39. The molecule has 4 N–H and O–H groups in total. The van der Waals surface area contributed by atoms with E-state index >= 15 is 0 Å². The van der Waals surface area contributed by atoms with E-state index in [9.17, 15) is 14.4 Å². The maximum atomic E-state index is 13.2. The molecule has 0 aromatic heterocycles. The third-order valence-electron chi connectivity index (χ3n) is 8.25. The van der Waals surface area contributed by atoms with Crippen LogP contribution in [-0.2, 0) is 27.4 Å². The Kier molecular flexibility index (Phi) is 15.1. The molecule has 0 bridgehead atoms. The zero-order valence-corrected chi connectivity index (χ0v) is 26.1. The molecular formula is C35H51N3O5. The first-order valence-electron chi connectivity index (χ1n) is 16.2. The van der Waals surface area contributed by atoms with E-state index in [0.29, 0.717) is 50.0 Å². The van der Waals surface area contributed by atoms with Gasteiger partial charge in [-0.25, -0.2) is 4.79 Å². The minimum absolute atomic E-state index is 0.0379. The van der Waals surface area contributed by atoms with Crippen LogP contribution in [0, 0.1) is 11.8 Å². The van der Waals surface area contributed by atoms with Crippen LogP contribution in [0.25, 0.3) is 0 Å². The molecule has 0 unspecified atom stereocenters. The summed E-state index contributed by atoms with van der Waals surface area (Å²) in [4.78, 5) is 38.3. The molecule has 0 saturated heterocycles. The van der Waals surface area contributed by atoms with Crippen molar-refractivity contribution in [1.82, 2.24) is 10.6 Å². The van der Waals surface area contributed by atoms with Crippen molar-refractivity contribution >= 4 is 17.8 Å². The average Bonchev–Trinajstić information content (AvgIpc) is 3.04. The monoisotopic (exact) mass is 593 g/mol. The van der Waals surface area contributed by atoms with E-state index in [-0.39, 0.29) is 23.7 Å². The van der Waals surface area contributed by atoms with Gasteiger partial charge in [0.2, 0.25) is 11.8 Å². The number of hydrogen-bond acceptors (Lipinski definition) is 6. The molecular weight excluding hydrogens is 542 g/mol. The van der Waals surface area contributed by atoms with Gasteiger partial charge in [-0.3, -0.25) is 9.59 Å². The molecule has 1 atom stereocenters. The van der Waals surface area contributed by atoms with Crippen molar-refractivity contribution < 1.29 is 23.9 Å². The number of hydrogen-bond donors (Lipinski definition) is 3. The first-order chi connectivity index (χ1) is 20.9. The molecule has 0 spiro atoms. The van der Waals surface area contributed by atoms with Crippen LogP contribution in [0.1, 0.15) is 99.5 Å². The number of carbonyl (C=O) groups excluding carboxylic acids is 3. The Bertz CT molecular complexity index is 1110. The second-order valence-corrected chi connectivity index (χ2v) is 11.6. The molecule has 1 saturated carbocycles. The summed E-state index contributed by atoms with van der Waals surface area (Å²) in [7, 11) is 0. The molecule has 1 aliphatic rings. The summed E-state index contributed by atoms with van der Waals surface area (Å²) < 4.78 is 11.0. The predicted octanol–water partition coefficient (Wildman–Crippen LogP) is 5.71. The fourth-order valence-corrected chi connectivity index (χ4v) is 5.47. The predicted molar refractivity (Wildman–Crippen MR) is 170 cm³/mol. The van der Waals surface area contributed by atoms with Gasteiger partial charge in [-0.1, -0.05) is 63.3 Å². The van der Waals surface area contributed by atoms with E-state index in [2.05, 4.69) is 17.6 Å². The summed E-state index contributed by atoms with van der Waals surface area (Å²) in [6.07, 6.45) is 10.9.